The minimum Gasteiger partial charge on any atom is -0.305 e. The van der Waals surface area contributed by atoms with Gasteiger partial charge in [0, 0.05) is 0 Å². The lowest BCUT2D eigenvalue weighted by molar-refractivity contribution is 0.262. The Morgan fingerprint density at radius 1 is 1.33 bits per heavy atom. The number of hydrogen-bond donors (Lipinski definition) is 2. The SMILES string of the molecule is CSc1nnc(NC(=O)Nc2ccccc2F)s1. The number of benzene rings is 1. The van der Waals surface area contributed by atoms with Gasteiger partial charge in [-0.1, -0.05) is 35.2 Å². The summed E-state index contributed by atoms with van der Waals surface area (Å²) in [4.78, 5) is 11.6. The molecule has 0 fully saturated rings. The standard InChI is InChI=1S/C10H9FN4OS2/c1-17-10-15-14-9(18-10)13-8(16)12-7-5-3-2-4-6(7)11/h2-5H,1H3,(H2,12,13,14,16). The first-order chi connectivity index (χ1) is 8.69. The van der Waals surface area contributed by atoms with Crippen LogP contribution in [0.3, 0.4) is 0 Å². The highest BCUT2D eigenvalue weighted by atomic mass is 32.2. The lowest BCUT2D eigenvalue weighted by atomic mass is 10.3. The van der Waals surface area contributed by atoms with Gasteiger partial charge in [-0.15, -0.1) is 10.2 Å². The van der Waals surface area contributed by atoms with E-state index in [9.17, 15) is 9.18 Å². The molecule has 5 nitrogen and oxygen atoms in total. The second-order valence-electron chi connectivity index (χ2n) is 3.14. The number of aromatic nitrogens is 2. The lowest BCUT2D eigenvalue weighted by Crippen LogP contribution is -2.19. The first-order valence-electron chi connectivity index (χ1n) is 4.89. The third-order valence-electron chi connectivity index (χ3n) is 1.92. The second-order valence-corrected chi connectivity index (χ2v) is 5.17. The van der Waals surface area contributed by atoms with E-state index in [2.05, 4.69) is 20.8 Å². The monoisotopic (exact) mass is 284 g/mol. The molecule has 0 aliphatic heterocycles. The van der Waals surface area contributed by atoms with Crippen molar-refractivity contribution in [1.29, 1.82) is 0 Å². The molecule has 18 heavy (non-hydrogen) atoms. The molecule has 0 atom stereocenters. The topological polar surface area (TPSA) is 66.9 Å². The maximum Gasteiger partial charge on any atom is 0.325 e. The number of nitrogens with one attached hydrogen (secondary N) is 2. The van der Waals surface area contributed by atoms with Crippen LogP contribution in [0.5, 0.6) is 0 Å². The number of halogens is 1. The lowest BCUT2D eigenvalue weighted by Gasteiger charge is -2.05. The van der Waals surface area contributed by atoms with E-state index < -0.39 is 11.8 Å². The molecule has 0 bridgehead atoms. The third kappa shape index (κ3) is 3.17. The summed E-state index contributed by atoms with van der Waals surface area (Å²) >= 11 is 2.69. The van der Waals surface area contributed by atoms with Crippen LogP contribution < -0.4 is 10.6 Å². The van der Waals surface area contributed by atoms with Crippen LogP contribution in [0.2, 0.25) is 0 Å². The van der Waals surface area contributed by atoms with Gasteiger partial charge in [-0.2, -0.15) is 0 Å². The number of rotatable bonds is 3. The molecule has 0 spiro atoms. The third-order valence-corrected chi connectivity index (χ3v) is 3.74. The maximum absolute atomic E-state index is 13.3. The molecule has 2 aromatic rings. The highest BCUT2D eigenvalue weighted by Crippen LogP contribution is 2.23. The van der Waals surface area contributed by atoms with E-state index in [1.54, 1.807) is 12.1 Å². The summed E-state index contributed by atoms with van der Waals surface area (Å²) in [6.07, 6.45) is 1.86. The number of para-hydroxylation sites is 1. The van der Waals surface area contributed by atoms with Gasteiger partial charge in [-0.05, 0) is 18.4 Å². The molecule has 2 N–H and O–H groups in total. The molecule has 0 aliphatic rings. The molecule has 0 unspecified atom stereocenters. The number of urea groups is 1. The van der Waals surface area contributed by atoms with Crippen LogP contribution >= 0.6 is 23.1 Å². The van der Waals surface area contributed by atoms with Crippen molar-refractivity contribution in [2.24, 2.45) is 0 Å². The first-order valence-corrected chi connectivity index (χ1v) is 6.93. The van der Waals surface area contributed by atoms with Crippen molar-refractivity contribution in [3.63, 3.8) is 0 Å². The Morgan fingerprint density at radius 3 is 2.78 bits per heavy atom. The number of amides is 2. The van der Waals surface area contributed by atoms with Crippen molar-refractivity contribution in [2.75, 3.05) is 16.9 Å². The van der Waals surface area contributed by atoms with Gasteiger partial charge < -0.3 is 5.32 Å². The molecule has 94 valence electrons. The number of thioether (sulfide) groups is 1. The largest absolute Gasteiger partial charge is 0.325 e. The number of nitrogens with zero attached hydrogens (tertiary/aromatic N) is 2. The van der Waals surface area contributed by atoms with Crippen LogP contribution in [-0.4, -0.2) is 22.5 Å². The number of carbonyl (C=O) groups excluding carboxylic acids is 1. The molecule has 2 rings (SSSR count). The fourth-order valence-corrected chi connectivity index (χ4v) is 2.32. The smallest absolute Gasteiger partial charge is 0.305 e. The Kier molecular flexibility index (Phi) is 4.11. The number of anilines is 2. The van der Waals surface area contributed by atoms with Crippen molar-refractivity contribution in [3.8, 4) is 0 Å². The van der Waals surface area contributed by atoms with Crippen LogP contribution in [0, 0.1) is 5.82 Å². The van der Waals surface area contributed by atoms with Gasteiger partial charge in [0.25, 0.3) is 0 Å². The predicted molar refractivity (Wildman–Crippen MR) is 70.7 cm³/mol. The summed E-state index contributed by atoms with van der Waals surface area (Å²) in [5.74, 6) is -0.491. The molecule has 1 aromatic heterocycles. The Bertz CT molecular complexity index is 560. The van der Waals surface area contributed by atoms with Gasteiger partial charge >= 0.3 is 6.03 Å². The van der Waals surface area contributed by atoms with Crippen LogP contribution in [0.4, 0.5) is 20.0 Å². The molecule has 1 aromatic carbocycles. The molecular formula is C10H9FN4OS2. The normalized spacial score (nSPS) is 10.1. The van der Waals surface area contributed by atoms with E-state index in [1.807, 2.05) is 6.26 Å². The quantitative estimate of drug-likeness (QED) is 0.671. The highest BCUT2D eigenvalue weighted by molar-refractivity contribution is 8.00. The Morgan fingerprint density at radius 2 is 2.11 bits per heavy atom. The Labute approximate surface area is 111 Å². The zero-order chi connectivity index (χ0) is 13.0. The van der Waals surface area contributed by atoms with E-state index in [0.717, 1.165) is 4.34 Å². The van der Waals surface area contributed by atoms with E-state index in [4.69, 9.17) is 0 Å². The average molecular weight is 284 g/mol. The van der Waals surface area contributed by atoms with Crippen molar-refractivity contribution in [2.45, 2.75) is 4.34 Å². The van der Waals surface area contributed by atoms with Crippen LogP contribution in [0.25, 0.3) is 0 Å². The summed E-state index contributed by atoms with van der Waals surface area (Å²) in [6, 6.07) is 5.38. The highest BCUT2D eigenvalue weighted by Gasteiger charge is 2.09. The van der Waals surface area contributed by atoms with Crippen molar-refractivity contribution < 1.29 is 9.18 Å². The summed E-state index contributed by atoms with van der Waals surface area (Å²) in [7, 11) is 0. The minimum absolute atomic E-state index is 0.115. The molecule has 0 saturated heterocycles. The summed E-state index contributed by atoms with van der Waals surface area (Å²) in [6.45, 7) is 0. The fraction of sp³-hybridized carbons (Fsp3) is 0.100. The van der Waals surface area contributed by atoms with Gasteiger partial charge in [-0.25, -0.2) is 9.18 Å². The summed E-state index contributed by atoms with van der Waals surface area (Å²) in [5.41, 5.74) is 0.115. The predicted octanol–water partition coefficient (Wildman–Crippen LogP) is 3.04. The Balaban J connectivity index is 1.99. The maximum atomic E-state index is 13.3. The Hall–Kier alpha value is -1.67. The van der Waals surface area contributed by atoms with Gasteiger partial charge in [0.2, 0.25) is 5.13 Å². The zero-order valence-electron chi connectivity index (χ0n) is 9.31. The molecule has 0 aliphatic carbocycles. The van der Waals surface area contributed by atoms with Crippen molar-refractivity contribution in [3.05, 3.63) is 30.1 Å². The number of carbonyl (C=O) groups is 1. The minimum atomic E-state index is -0.552. The van der Waals surface area contributed by atoms with Gasteiger partial charge in [-0.3, -0.25) is 5.32 Å². The van der Waals surface area contributed by atoms with Gasteiger partial charge in [0.05, 0.1) is 5.69 Å². The molecule has 1 heterocycles. The average Bonchev–Trinajstić information content (AvgIpc) is 2.80. The zero-order valence-corrected chi connectivity index (χ0v) is 10.9. The molecule has 8 heteroatoms. The van der Waals surface area contributed by atoms with E-state index in [0.29, 0.717) is 5.13 Å². The number of hydrogen-bond acceptors (Lipinski definition) is 5. The van der Waals surface area contributed by atoms with Crippen molar-refractivity contribution in [1.82, 2.24) is 10.2 Å². The van der Waals surface area contributed by atoms with Gasteiger partial charge in [0.15, 0.2) is 4.34 Å². The van der Waals surface area contributed by atoms with E-state index >= 15 is 0 Å². The van der Waals surface area contributed by atoms with Crippen LogP contribution in [-0.2, 0) is 0 Å². The molecule has 2 amide bonds. The van der Waals surface area contributed by atoms with Crippen LogP contribution in [0.1, 0.15) is 0 Å². The molecular weight excluding hydrogens is 275 g/mol. The molecule has 0 saturated carbocycles. The van der Waals surface area contributed by atoms with E-state index in [1.165, 1.54) is 35.2 Å². The first kappa shape index (κ1) is 12.8. The summed E-state index contributed by atoms with van der Waals surface area (Å²) < 4.78 is 14.0. The molecule has 0 radical (unpaired) electrons. The fourth-order valence-electron chi connectivity index (χ4n) is 1.16. The van der Waals surface area contributed by atoms with Gasteiger partial charge in [0.1, 0.15) is 5.82 Å². The van der Waals surface area contributed by atoms with Crippen LogP contribution in [0.15, 0.2) is 28.6 Å². The van der Waals surface area contributed by atoms with Crippen molar-refractivity contribution >= 4 is 39.9 Å². The van der Waals surface area contributed by atoms with E-state index in [-0.39, 0.29) is 5.69 Å². The summed E-state index contributed by atoms with van der Waals surface area (Å²) in [5, 5.41) is 12.8. The second kappa shape index (κ2) is 5.78.